The highest BCUT2D eigenvalue weighted by Crippen LogP contribution is 2.19. The summed E-state index contributed by atoms with van der Waals surface area (Å²) in [6, 6.07) is 8.83. The molecule has 2 aliphatic rings. The van der Waals surface area contributed by atoms with Gasteiger partial charge in [0.1, 0.15) is 5.75 Å². The van der Waals surface area contributed by atoms with Gasteiger partial charge >= 0.3 is 6.03 Å². The molecule has 126 valence electrons. The Morgan fingerprint density at radius 2 is 2.26 bits per heavy atom. The second-order valence-corrected chi connectivity index (χ2v) is 6.48. The molecule has 5 heteroatoms. The van der Waals surface area contributed by atoms with Crippen LogP contribution in [0.25, 0.3) is 0 Å². The van der Waals surface area contributed by atoms with Crippen LogP contribution in [0.2, 0.25) is 0 Å². The number of likely N-dealkylation sites (tertiary alicyclic amines) is 1. The van der Waals surface area contributed by atoms with Crippen molar-refractivity contribution in [2.45, 2.75) is 31.7 Å². The minimum Gasteiger partial charge on any atom is -0.497 e. The van der Waals surface area contributed by atoms with E-state index in [9.17, 15) is 4.79 Å². The summed E-state index contributed by atoms with van der Waals surface area (Å²) in [5.41, 5.74) is 1.33. The molecule has 1 atom stereocenters. The molecule has 2 saturated heterocycles. The number of nitrogens with zero attached hydrogens (tertiary/aromatic N) is 2. The number of methoxy groups -OCH3 is 1. The van der Waals surface area contributed by atoms with Gasteiger partial charge in [-0.15, -0.1) is 0 Å². The largest absolute Gasteiger partial charge is 0.497 e. The normalized spacial score (nSPS) is 22.2. The molecule has 1 N–H and O–H groups in total. The molecule has 0 spiro atoms. The number of ether oxygens (including phenoxy) is 1. The van der Waals surface area contributed by atoms with Crippen molar-refractivity contribution < 1.29 is 9.53 Å². The van der Waals surface area contributed by atoms with Gasteiger partial charge in [-0.05, 0) is 56.5 Å². The van der Waals surface area contributed by atoms with Gasteiger partial charge in [0.05, 0.1) is 7.11 Å². The Hall–Kier alpha value is -1.75. The van der Waals surface area contributed by atoms with E-state index in [2.05, 4.69) is 28.4 Å². The van der Waals surface area contributed by atoms with Crippen LogP contribution in [0.3, 0.4) is 0 Å². The molecular formula is C18H27N3O2. The topological polar surface area (TPSA) is 44.8 Å². The Morgan fingerprint density at radius 3 is 3.04 bits per heavy atom. The standard InChI is InChI=1S/C18H27N3O2/c1-23-17-8-2-5-15(13-17)6-3-10-20-11-4-7-16(14-20)21-12-9-19-18(21)22/h2,5,8,13,16H,3-4,6-7,9-12,14H2,1H3,(H,19,22). The number of carbonyl (C=O) groups excluding carboxylic acids is 1. The molecule has 5 nitrogen and oxygen atoms in total. The first kappa shape index (κ1) is 16.1. The fourth-order valence-electron chi connectivity index (χ4n) is 3.66. The van der Waals surface area contributed by atoms with Crippen molar-refractivity contribution >= 4 is 6.03 Å². The van der Waals surface area contributed by atoms with Gasteiger partial charge in [0.15, 0.2) is 0 Å². The number of carbonyl (C=O) groups is 1. The maximum atomic E-state index is 11.8. The maximum Gasteiger partial charge on any atom is 0.317 e. The number of aryl methyl sites for hydroxylation is 1. The van der Waals surface area contributed by atoms with E-state index in [4.69, 9.17) is 4.74 Å². The number of amides is 2. The molecule has 0 aromatic heterocycles. The van der Waals surface area contributed by atoms with Crippen LogP contribution >= 0.6 is 0 Å². The van der Waals surface area contributed by atoms with Crippen molar-refractivity contribution in [2.24, 2.45) is 0 Å². The first-order valence-electron chi connectivity index (χ1n) is 8.66. The Bertz CT molecular complexity index is 535. The summed E-state index contributed by atoms with van der Waals surface area (Å²) in [6.07, 6.45) is 4.54. The number of rotatable bonds is 6. The van der Waals surface area contributed by atoms with Gasteiger partial charge in [-0.1, -0.05) is 12.1 Å². The molecule has 23 heavy (non-hydrogen) atoms. The summed E-state index contributed by atoms with van der Waals surface area (Å²) < 4.78 is 5.28. The number of benzene rings is 1. The van der Waals surface area contributed by atoms with Crippen molar-refractivity contribution in [3.8, 4) is 5.75 Å². The lowest BCUT2D eigenvalue weighted by Gasteiger charge is -2.37. The monoisotopic (exact) mass is 317 g/mol. The highest BCUT2D eigenvalue weighted by molar-refractivity contribution is 5.76. The molecule has 1 unspecified atom stereocenters. The number of nitrogens with one attached hydrogen (secondary N) is 1. The molecule has 2 amide bonds. The number of hydrogen-bond acceptors (Lipinski definition) is 3. The highest BCUT2D eigenvalue weighted by atomic mass is 16.5. The van der Waals surface area contributed by atoms with Crippen LogP contribution < -0.4 is 10.1 Å². The molecule has 2 heterocycles. The van der Waals surface area contributed by atoms with E-state index < -0.39 is 0 Å². The average molecular weight is 317 g/mol. The van der Waals surface area contributed by atoms with E-state index in [1.54, 1.807) is 7.11 Å². The first-order chi connectivity index (χ1) is 11.3. The summed E-state index contributed by atoms with van der Waals surface area (Å²) in [6.45, 7) is 4.94. The van der Waals surface area contributed by atoms with Crippen molar-refractivity contribution in [2.75, 3.05) is 39.8 Å². The van der Waals surface area contributed by atoms with Crippen molar-refractivity contribution in [1.29, 1.82) is 0 Å². The molecule has 2 fully saturated rings. The van der Waals surface area contributed by atoms with Crippen LogP contribution in [0.15, 0.2) is 24.3 Å². The zero-order valence-electron chi connectivity index (χ0n) is 14.0. The molecule has 2 aliphatic heterocycles. The van der Waals surface area contributed by atoms with E-state index in [1.165, 1.54) is 12.0 Å². The zero-order chi connectivity index (χ0) is 16.1. The van der Waals surface area contributed by atoms with Gasteiger partial charge in [0.2, 0.25) is 0 Å². The lowest BCUT2D eigenvalue weighted by atomic mass is 10.0. The quantitative estimate of drug-likeness (QED) is 0.874. The summed E-state index contributed by atoms with van der Waals surface area (Å²) in [5.74, 6) is 0.931. The van der Waals surface area contributed by atoms with E-state index >= 15 is 0 Å². The van der Waals surface area contributed by atoms with E-state index in [0.29, 0.717) is 6.04 Å². The molecule has 0 saturated carbocycles. The Morgan fingerprint density at radius 1 is 1.35 bits per heavy atom. The molecular weight excluding hydrogens is 290 g/mol. The molecule has 1 aromatic carbocycles. The van der Waals surface area contributed by atoms with Gasteiger partial charge in [-0.2, -0.15) is 0 Å². The van der Waals surface area contributed by atoms with Gasteiger partial charge in [-0.25, -0.2) is 4.79 Å². The predicted octanol–water partition coefficient (Wildman–Crippen LogP) is 2.12. The third-order valence-electron chi connectivity index (χ3n) is 4.89. The SMILES string of the molecule is COc1cccc(CCCN2CCCC(N3CCNC3=O)C2)c1. The highest BCUT2D eigenvalue weighted by Gasteiger charge is 2.30. The fraction of sp³-hybridized carbons (Fsp3) is 0.611. The van der Waals surface area contributed by atoms with Crippen LogP contribution in [0.1, 0.15) is 24.8 Å². The number of hydrogen-bond donors (Lipinski definition) is 1. The van der Waals surface area contributed by atoms with Crippen LogP contribution in [0, 0.1) is 0 Å². The molecule has 0 bridgehead atoms. The maximum absolute atomic E-state index is 11.8. The van der Waals surface area contributed by atoms with Gasteiger partial charge < -0.3 is 19.9 Å². The number of piperidine rings is 1. The van der Waals surface area contributed by atoms with Crippen LogP contribution in [-0.2, 0) is 6.42 Å². The smallest absolute Gasteiger partial charge is 0.317 e. The summed E-state index contributed by atoms with van der Waals surface area (Å²) in [4.78, 5) is 16.4. The predicted molar refractivity (Wildman–Crippen MR) is 90.9 cm³/mol. The lowest BCUT2D eigenvalue weighted by molar-refractivity contribution is 0.125. The second kappa shape index (κ2) is 7.68. The van der Waals surface area contributed by atoms with Crippen LogP contribution in [0.4, 0.5) is 4.79 Å². The van der Waals surface area contributed by atoms with E-state index in [1.807, 2.05) is 11.0 Å². The minimum absolute atomic E-state index is 0.119. The zero-order valence-corrected chi connectivity index (χ0v) is 14.0. The minimum atomic E-state index is 0.119. The second-order valence-electron chi connectivity index (χ2n) is 6.48. The van der Waals surface area contributed by atoms with Crippen LogP contribution in [-0.4, -0.2) is 61.7 Å². The Labute approximate surface area is 138 Å². The Kier molecular flexibility index (Phi) is 5.39. The van der Waals surface area contributed by atoms with Crippen molar-refractivity contribution in [3.05, 3.63) is 29.8 Å². The molecule has 1 aromatic rings. The third kappa shape index (κ3) is 4.16. The lowest BCUT2D eigenvalue weighted by Crippen LogP contribution is -2.49. The third-order valence-corrected chi connectivity index (χ3v) is 4.89. The number of urea groups is 1. The first-order valence-corrected chi connectivity index (χ1v) is 8.66. The summed E-state index contributed by atoms with van der Waals surface area (Å²) in [7, 11) is 1.71. The molecule has 0 radical (unpaired) electrons. The Balaban J connectivity index is 1.45. The average Bonchev–Trinajstić information content (AvgIpc) is 3.01. The molecule has 3 rings (SSSR count). The van der Waals surface area contributed by atoms with Gasteiger partial charge in [0.25, 0.3) is 0 Å². The van der Waals surface area contributed by atoms with Crippen molar-refractivity contribution in [1.82, 2.24) is 15.1 Å². The fourth-order valence-corrected chi connectivity index (χ4v) is 3.66. The summed E-state index contributed by atoms with van der Waals surface area (Å²) in [5, 5.41) is 2.91. The van der Waals surface area contributed by atoms with E-state index in [0.717, 1.165) is 57.7 Å². The summed E-state index contributed by atoms with van der Waals surface area (Å²) >= 11 is 0. The van der Waals surface area contributed by atoms with E-state index in [-0.39, 0.29) is 6.03 Å². The van der Waals surface area contributed by atoms with Gasteiger partial charge in [-0.3, -0.25) is 0 Å². The van der Waals surface area contributed by atoms with Crippen LogP contribution in [0.5, 0.6) is 5.75 Å². The van der Waals surface area contributed by atoms with Crippen molar-refractivity contribution in [3.63, 3.8) is 0 Å². The molecule has 0 aliphatic carbocycles. The van der Waals surface area contributed by atoms with Gasteiger partial charge in [0, 0.05) is 25.7 Å².